The summed E-state index contributed by atoms with van der Waals surface area (Å²) in [5, 5.41) is 11.5. The normalized spacial score (nSPS) is 31.1. The van der Waals surface area contributed by atoms with Gasteiger partial charge in [0.05, 0.1) is 6.10 Å². The van der Waals surface area contributed by atoms with E-state index < -0.39 is 17.6 Å². The van der Waals surface area contributed by atoms with E-state index in [1.165, 1.54) is 0 Å². The predicted octanol–water partition coefficient (Wildman–Crippen LogP) is -0.774. The zero-order valence-corrected chi connectivity index (χ0v) is 8.94. The summed E-state index contributed by atoms with van der Waals surface area (Å²) in [5.74, 6) is -1.29. The fraction of sp³-hybridized carbons (Fsp3) is 0.800. The highest BCUT2D eigenvalue weighted by Crippen LogP contribution is 2.36. The molecule has 0 spiro atoms. The quantitative estimate of drug-likeness (QED) is 0.586. The van der Waals surface area contributed by atoms with E-state index in [-0.39, 0.29) is 12.0 Å². The number of hydrogen-bond acceptors (Lipinski definition) is 4. The summed E-state index contributed by atoms with van der Waals surface area (Å²) < 4.78 is 5.40. The van der Waals surface area contributed by atoms with Crippen LogP contribution >= 0.6 is 0 Å². The summed E-state index contributed by atoms with van der Waals surface area (Å²) in [6.07, 6.45) is 1.77. The van der Waals surface area contributed by atoms with Crippen molar-refractivity contribution in [1.29, 1.82) is 0 Å². The molecule has 1 saturated heterocycles. The van der Waals surface area contributed by atoms with E-state index >= 15 is 0 Å². The number of carbonyl (C=O) groups excluding carboxylic acids is 1. The molecule has 1 aliphatic heterocycles. The van der Waals surface area contributed by atoms with Crippen molar-refractivity contribution in [3.05, 3.63) is 0 Å². The Morgan fingerprint density at radius 2 is 2.12 bits per heavy atom. The highest BCUT2D eigenvalue weighted by Gasteiger charge is 2.52. The Hall–Kier alpha value is -1.14. The van der Waals surface area contributed by atoms with Crippen LogP contribution in [0, 0.1) is 0 Å². The zero-order chi connectivity index (χ0) is 11.8. The van der Waals surface area contributed by atoms with Gasteiger partial charge in [-0.3, -0.25) is 4.79 Å². The van der Waals surface area contributed by atoms with Crippen molar-refractivity contribution < 1.29 is 19.4 Å². The third-order valence-corrected chi connectivity index (χ3v) is 3.18. The fourth-order valence-electron chi connectivity index (χ4n) is 1.91. The van der Waals surface area contributed by atoms with E-state index in [0.29, 0.717) is 25.8 Å². The predicted molar refractivity (Wildman–Crippen MR) is 54.7 cm³/mol. The minimum absolute atomic E-state index is 0.0734. The van der Waals surface area contributed by atoms with E-state index in [1.54, 1.807) is 0 Å². The number of nitrogens with two attached hydrogens (primary N) is 1. The lowest BCUT2D eigenvalue weighted by atomic mass is 10.1. The number of nitrogens with one attached hydrogen (secondary N) is 1. The third kappa shape index (κ3) is 2.03. The van der Waals surface area contributed by atoms with Gasteiger partial charge in [-0.15, -0.1) is 0 Å². The van der Waals surface area contributed by atoms with Crippen LogP contribution in [0.3, 0.4) is 0 Å². The molecule has 90 valence electrons. The molecule has 0 radical (unpaired) electrons. The van der Waals surface area contributed by atoms with Gasteiger partial charge in [0, 0.05) is 6.54 Å². The number of carboxylic acids is 1. The summed E-state index contributed by atoms with van der Waals surface area (Å²) >= 11 is 0. The average molecular weight is 228 g/mol. The Morgan fingerprint density at radius 1 is 1.44 bits per heavy atom. The van der Waals surface area contributed by atoms with Crippen molar-refractivity contribution in [2.45, 2.75) is 43.4 Å². The van der Waals surface area contributed by atoms with Crippen molar-refractivity contribution in [3.8, 4) is 0 Å². The van der Waals surface area contributed by atoms with Crippen LogP contribution in [-0.2, 0) is 14.3 Å². The molecule has 0 aromatic rings. The van der Waals surface area contributed by atoms with E-state index in [4.69, 9.17) is 15.6 Å². The first kappa shape index (κ1) is 11.3. The summed E-state index contributed by atoms with van der Waals surface area (Å²) in [7, 11) is 0. The van der Waals surface area contributed by atoms with Crippen LogP contribution < -0.4 is 11.1 Å². The Balaban J connectivity index is 1.87. The van der Waals surface area contributed by atoms with Crippen LogP contribution in [0.15, 0.2) is 0 Å². The van der Waals surface area contributed by atoms with Gasteiger partial charge in [-0.05, 0) is 25.7 Å². The second kappa shape index (κ2) is 4.03. The molecule has 16 heavy (non-hydrogen) atoms. The van der Waals surface area contributed by atoms with Crippen molar-refractivity contribution in [2.75, 3.05) is 6.54 Å². The van der Waals surface area contributed by atoms with Crippen LogP contribution in [0.25, 0.3) is 0 Å². The molecule has 2 fully saturated rings. The molecule has 1 saturated carbocycles. The van der Waals surface area contributed by atoms with E-state index in [2.05, 4.69) is 5.32 Å². The standard InChI is InChI=1S/C10H16N2O4/c11-5-6-1-2-7(16-6)8(13)12-10(3-4-10)9(14)15/h6-7H,1-5,11H2,(H,12,13)(H,14,15). The molecule has 1 heterocycles. The number of aliphatic carboxylic acids is 1. The zero-order valence-electron chi connectivity index (χ0n) is 8.94. The van der Waals surface area contributed by atoms with Gasteiger partial charge in [0.1, 0.15) is 11.6 Å². The molecule has 2 rings (SSSR count). The van der Waals surface area contributed by atoms with Crippen molar-refractivity contribution >= 4 is 11.9 Å². The van der Waals surface area contributed by atoms with Crippen molar-refractivity contribution in [3.63, 3.8) is 0 Å². The van der Waals surface area contributed by atoms with Gasteiger partial charge in [0.2, 0.25) is 5.91 Å². The summed E-state index contributed by atoms with van der Waals surface area (Å²) in [6, 6.07) is 0. The maximum Gasteiger partial charge on any atom is 0.329 e. The molecule has 0 aromatic carbocycles. The van der Waals surface area contributed by atoms with E-state index in [9.17, 15) is 9.59 Å². The van der Waals surface area contributed by atoms with Gasteiger partial charge in [-0.25, -0.2) is 4.79 Å². The highest BCUT2D eigenvalue weighted by molar-refractivity contribution is 5.91. The molecule has 1 aliphatic carbocycles. The molecule has 2 aliphatic rings. The second-order valence-electron chi connectivity index (χ2n) is 4.44. The Bertz CT molecular complexity index is 314. The number of amides is 1. The van der Waals surface area contributed by atoms with Gasteiger partial charge < -0.3 is 20.9 Å². The summed E-state index contributed by atoms with van der Waals surface area (Å²) in [5.41, 5.74) is 4.41. The minimum Gasteiger partial charge on any atom is -0.480 e. The van der Waals surface area contributed by atoms with Gasteiger partial charge >= 0.3 is 5.97 Å². The molecule has 6 heteroatoms. The average Bonchev–Trinajstić information content (AvgIpc) is 2.88. The first-order chi connectivity index (χ1) is 7.57. The minimum atomic E-state index is -1.03. The Labute approximate surface area is 93.1 Å². The van der Waals surface area contributed by atoms with Crippen molar-refractivity contribution in [1.82, 2.24) is 5.32 Å². The molecular weight excluding hydrogens is 212 g/mol. The molecule has 2 atom stereocenters. The molecule has 4 N–H and O–H groups in total. The number of hydrogen-bond donors (Lipinski definition) is 3. The smallest absolute Gasteiger partial charge is 0.329 e. The van der Waals surface area contributed by atoms with E-state index in [0.717, 1.165) is 6.42 Å². The first-order valence-electron chi connectivity index (χ1n) is 5.48. The molecule has 1 amide bonds. The Morgan fingerprint density at radius 3 is 2.56 bits per heavy atom. The number of carboxylic acid groups (broad SMARTS) is 1. The number of rotatable bonds is 4. The van der Waals surface area contributed by atoms with Gasteiger partial charge in [-0.2, -0.15) is 0 Å². The summed E-state index contributed by atoms with van der Waals surface area (Å²) in [6.45, 7) is 0.397. The maximum absolute atomic E-state index is 11.7. The second-order valence-corrected chi connectivity index (χ2v) is 4.44. The van der Waals surface area contributed by atoms with Gasteiger partial charge in [0.25, 0.3) is 0 Å². The van der Waals surface area contributed by atoms with Crippen LogP contribution in [0.2, 0.25) is 0 Å². The van der Waals surface area contributed by atoms with Crippen LogP contribution in [0.4, 0.5) is 0 Å². The van der Waals surface area contributed by atoms with Crippen LogP contribution in [0.1, 0.15) is 25.7 Å². The van der Waals surface area contributed by atoms with Gasteiger partial charge in [-0.1, -0.05) is 0 Å². The molecule has 0 bridgehead atoms. The lowest BCUT2D eigenvalue weighted by molar-refractivity contribution is -0.145. The third-order valence-electron chi connectivity index (χ3n) is 3.18. The van der Waals surface area contributed by atoms with Crippen LogP contribution in [-0.4, -0.2) is 41.3 Å². The first-order valence-corrected chi connectivity index (χ1v) is 5.48. The van der Waals surface area contributed by atoms with Crippen molar-refractivity contribution in [2.24, 2.45) is 5.73 Å². The monoisotopic (exact) mass is 228 g/mol. The number of ether oxygens (including phenoxy) is 1. The van der Waals surface area contributed by atoms with E-state index in [1.807, 2.05) is 0 Å². The molecule has 6 nitrogen and oxygen atoms in total. The largest absolute Gasteiger partial charge is 0.480 e. The molecule has 2 unspecified atom stereocenters. The Kier molecular flexibility index (Phi) is 2.86. The highest BCUT2D eigenvalue weighted by atomic mass is 16.5. The summed E-state index contributed by atoms with van der Waals surface area (Å²) in [4.78, 5) is 22.6. The molecular formula is C10H16N2O4. The van der Waals surface area contributed by atoms with Crippen LogP contribution in [0.5, 0.6) is 0 Å². The lowest BCUT2D eigenvalue weighted by Crippen LogP contribution is -2.47. The topological polar surface area (TPSA) is 102 Å². The maximum atomic E-state index is 11.7. The SMILES string of the molecule is NCC1CCC(C(=O)NC2(C(=O)O)CC2)O1. The number of carbonyl (C=O) groups is 2. The molecule has 0 aromatic heterocycles. The van der Waals surface area contributed by atoms with Gasteiger partial charge in [0.15, 0.2) is 0 Å². The lowest BCUT2D eigenvalue weighted by Gasteiger charge is -2.16. The fourth-order valence-corrected chi connectivity index (χ4v) is 1.91.